The Morgan fingerprint density at radius 3 is 2.56 bits per heavy atom. The van der Waals surface area contributed by atoms with E-state index in [0.717, 1.165) is 41.4 Å². The van der Waals surface area contributed by atoms with Gasteiger partial charge in [-0.15, -0.1) is 0 Å². The van der Waals surface area contributed by atoms with Gasteiger partial charge in [-0.05, 0) is 31.4 Å². The lowest BCUT2D eigenvalue weighted by molar-refractivity contribution is 0.0698. The molecule has 1 heterocycles. The standard InChI is InChI=1S/C15H19NO2/c1-4-5-8-16-9-12(15(17)18)13-10(2)6-7-11(3)14(13)16/h6-7,9H,4-5,8H2,1-3H3,(H,17,18). The molecule has 0 aliphatic rings. The van der Waals surface area contributed by atoms with Crippen LogP contribution in [0.25, 0.3) is 10.9 Å². The Morgan fingerprint density at radius 2 is 1.94 bits per heavy atom. The molecule has 1 aromatic carbocycles. The SMILES string of the molecule is CCCCn1cc(C(=O)O)c2c(C)ccc(C)c21. The fourth-order valence-corrected chi connectivity index (χ4v) is 2.46. The zero-order valence-corrected chi connectivity index (χ0v) is 11.2. The molecule has 0 aliphatic heterocycles. The maximum atomic E-state index is 11.4. The average Bonchev–Trinajstić information content (AvgIpc) is 2.72. The minimum Gasteiger partial charge on any atom is -0.478 e. The quantitative estimate of drug-likeness (QED) is 0.891. The van der Waals surface area contributed by atoms with Crippen LogP contribution in [-0.2, 0) is 6.54 Å². The Morgan fingerprint density at radius 1 is 1.28 bits per heavy atom. The Balaban J connectivity index is 2.72. The van der Waals surface area contributed by atoms with Crippen LogP contribution >= 0.6 is 0 Å². The summed E-state index contributed by atoms with van der Waals surface area (Å²) in [6.45, 7) is 7.03. The third-order valence-electron chi connectivity index (χ3n) is 3.41. The van der Waals surface area contributed by atoms with Crippen LogP contribution in [0.2, 0.25) is 0 Å². The summed E-state index contributed by atoms with van der Waals surface area (Å²) in [6.07, 6.45) is 3.95. The number of carboxylic acids is 1. The highest BCUT2D eigenvalue weighted by Gasteiger charge is 2.17. The minimum atomic E-state index is -0.844. The molecule has 0 atom stereocenters. The van der Waals surface area contributed by atoms with Crippen molar-refractivity contribution in [3.63, 3.8) is 0 Å². The van der Waals surface area contributed by atoms with Gasteiger partial charge in [0.15, 0.2) is 0 Å². The summed E-state index contributed by atoms with van der Waals surface area (Å²) in [5.74, 6) is -0.844. The van der Waals surface area contributed by atoms with Crippen LogP contribution in [0.3, 0.4) is 0 Å². The van der Waals surface area contributed by atoms with Gasteiger partial charge in [-0.3, -0.25) is 0 Å². The molecular formula is C15H19NO2. The Bertz CT molecular complexity index is 596. The van der Waals surface area contributed by atoms with Crippen LogP contribution < -0.4 is 0 Å². The smallest absolute Gasteiger partial charge is 0.337 e. The van der Waals surface area contributed by atoms with Crippen LogP contribution in [0.4, 0.5) is 0 Å². The Hall–Kier alpha value is -1.77. The Kier molecular flexibility index (Phi) is 3.41. The summed E-state index contributed by atoms with van der Waals surface area (Å²) >= 11 is 0. The zero-order valence-electron chi connectivity index (χ0n) is 11.2. The maximum absolute atomic E-state index is 11.4. The van der Waals surface area contributed by atoms with E-state index >= 15 is 0 Å². The minimum absolute atomic E-state index is 0.419. The second-order valence-electron chi connectivity index (χ2n) is 4.82. The van der Waals surface area contributed by atoms with E-state index in [9.17, 15) is 9.90 Å². The molecule has 1 aromatic heterocycles. The number of carboxylic acid groups (broad SMARTS) is 1. The number of carbonyl (C=O) groups is 1. The van der Waals surface area contributed by atoms with E-state index in [4.69, 9.17) is 0 Å². The van der Waals surface area contributed by atoms with Crippen LogP contribution in [0, 0.1) is 13.8 Å². The predicted molar refractivity (Wildman–Crippen MR) is 73.3 cm³/mol. The van der Waals surface area contributed by atoms with Gasteiger partial charge in [-0.25, -0.2) is 4.79 Å². The number of rotatable bonds is 4. The van der Waals surface area contributed by atoms with E-state index in [2.05, 4.69) is 17.6 Å². The normalized spacial score (nSPS) is 11.1. The molecule has 2 aromatic rings. The van der Waals surface area contributed by atoms with Crippen molar-refractivity contribution in [2.75, 3.05) is 0 Å². The number of hydrogen-bond acceptors (Lipinski definition) is 1. The summed E-state index contributed by atoms with van der Waals surface area (Å²) in [4.78, 5) is 11.4. The molecule has 18 heavy (non-hydrogen) atoms. The zero-order chi connectivity index (χ0) is 13.3. The highest BCUT2D eigenvalue weighted by Crippen LogP contribution is 2.28. The van der Waals surface area contributed by atoms with Crippen molar-refractivity contribution in [1.82, 2.24) is 4.57 Å². The van der Waals surface area contributed by atoms with Crippen molar-refractivity contribution in [2.45, 2.75) is 40.2 Å². The van der Waals surface area contributed by atoms with Crippen LogP contribution in [0.15, 0.2) is 18.3 Å². The van der Waals surface area contributed by atoms with Gasteiger partial charge < -0.3 is 9.67 Å². The lowest BCUT2D eigenvalue weighted by atomic mass is 10.0. The molecule has 0 spiro atoms. The molecule has 96 valence electrons. The third kappa shape index (κ3) is 2.01. The van der Waals surface area contributed by atoms with E-state index in [1.54, 1.807) is 6.20 Å². The van der Waals surface area contributed by atoms with Gasteiger partial charge in [-0.2, -0.15) is 0 Å². The first-order valence-electron chi connectivity index (χ1n) is 6.38. The highest BCUT2D eigenvalue weighted by atomic mass is 16.4. The van der Waals surface area contributed by atoms with Gasteiger partial charge in [-0.1, -0.05) is 25.5 Å². The summed E-state index contributed by atoms with van der Waals surface area (Å²) in [7, 11) is 0. The largest absolute Gasteiger partial charge is 0.478 e. The lowest BCUT2D eigenvalue weighted by Gasteiger charge is -2.07. The number of hydrogen-bond donors (Lipinski definition) is 1. The fraction of sp³-hybridized carbons (Fsp3) is 0.400. The first-order valence-corrected chi connectivity index (χ1v) is 6.38. The number of aromatic nitrogens is 1. The van der Waals surface area contributed by atoms with Crippen molar-refractivity contribution in [2.24, 2.45) is 0 Å². The first-order chi connectivity index (χ1) is 8.56. The maximum Gasteiger partial charge on any atom is 0.337 e. The van der Waals surface area contributed by atoms with Gasteiger partial charge in [0, 0.05) is 18.1 Å². The average molecular weight is 245 g/mol. The van der Waals surface area contributed by atoms with E-state index in [0.29, 0.717) is 5.56 Å². The monoisotopic (exact) mass is 245 g/mol. The van der Waals surface area contributed by atoms with E-state index in [-0.39, 0.29) is 0 Å². The molecule has 0 saturated heterocycles. The van der Waals surface area contributed by atoms with E-state index in [1.165, 1.54) is 0 Å². The number of aryl methyl sites for hydroxylation is 3. The van der Waals surface area contributed by atoms with Gasteiger partial charge in [0.1, 0.15) is 0 Å². The highest BCUT2D eigenvalue weighted by molar-refractivity contribution is 6.05. The van der Waals surface area contributed by atoms with Crippen molar-refractivity contribution < 1.29 is 9.90 Å². The molecule has 0 fully saturated rings. The molecule has 0 bridgehead atoms. The molecule has 0 amide bonds. The van der Waals surface area contributed by atoms with Gasteiger partial charge in [0.25, 0.3) is 0 Å². The third-order valence-corrected chi connectivity index (χ3v) is 3.41. The van der Waals surface area contributed by atoms with E-state index in [1.807, 2.05) is 19.9 Å². The first kappa shape index (κ1) is 12.7. The summed E-state index contributed by atoms with van der Waals surface area (Å²) < 4.78 is 2.09. The van der Waals surface area contributed by atoms with Crippen molar-refractivity contribution >= 4 is 16.9 Å². The van der Waals surface area contributed by atoms with Crippen molar-refractivity contribution in [3.8, 4) is 0 Å². The second kappa shape index (κ2) is 4.84. The molecule has 0 aliphatic carbocycles. The predicted octanol–water partition coefficient (Wildman–Crippen LogP) is 3.76. The molecule has 3 nitrogen and oxygen atoms in total. The summed E-state index contributed by atoms with van der Waals surface area (Å²) in [5, 5.41) is 10.2. The topological polar surface area (TPSA) is 42.2 Å². The lowest BCUT2D eigenvalue weighted by Crippen LogP contribution is -1.97. The molecule has 2 rings (SSSR count). The van der Waals surface area contributed by atoms with Gasteiger partial charge in [0.2, 0.25) is 0 Å². The van der Waals surface area contributed by atoms with Crippen molar-refractivity contribution in [3.05, 3.63) is 35.0 Å². The number of unbranched alkanes of at least 4 members (excludes halogenated alkanes) is 1. The summed E-state index contributed by atoms with van der Waals surface area (Å²) in [6, 6.07) is 4.06. The number of nitrogens with zero attached hydrogens (tertiary/aromatic N) is 1. The second-order valence-corrected chi connectivity index (χ2v) is 4.82. The van der Waals surface area contributed by atoms with Crippen LogP contribution in [-0.4, -0.2) is 15.6 Å². The molecule has 0 saturated carbocycles. The van der Waals surface area contributed by atoms with Crippen LogP contribution in [0.5, 0.6) is 0 Å². The number of fused-ring (bicyclic) bond motifs is 1. The van der Waals surface area contributed by atoms with Gasteiger partial charge in [0.05, 0.1) is 11.1 Å². The molecule has 3 heteroatoms. The molecule has 1 N–H and O–H groups in total. The number of aromatic carboxylic acids is 1. The Labute approximate surface area is 107 Å². The summed E-state index contributed by atoms with van der Waals surface area (Å²) in [5.41, 5.74) is 3.66. The van der Waals surface area contributed by atoms with Gasteiger partial charge >= 0.3 is 5.97 Å². The molecule has 0 unspecified atom stereocenters. The van der Waals surface area contributed by atoms with Crippen LogP contribution in [0.1, 0.15) is 41.3 Å². The van der Waals surface area contributed by atoms with E-state index < -0.39 is 5.97 Å². The number of benzene rings is 1. The fourth-order valence-electron chi connectivity index (χ4n) is 2.46. The molecule has 0 radical (unpaired) electrons. The van der Waals surface area contributed by atoms with Crippen molar-refractivity contribution in [1.29, 1.82) is 0 Å². The molecular weight excluding hydrogens is 226 g/mol.